The fourth-order valence-corrected chi connectivity index (χ4v) is 1.85. The zero-order chi connectivity index (χ0) is 15.4. The van der Waals surface area contributed by atoms with Crippen LogP contribution in [0.25, 0.3) is 0 Å². The molecule has 2 rings (SSSR count). The molecule has 2 aromatic rings. The highest BCUT2D eigenvalue weighted by Gasteiger charge is 2.21. The first kappa shape index (κ1) is 14.7. The van der Waals surface area contributed by atoms with Gasteiger partial charge in [-0.05, 0) is 24.3 Å². The summed E-state index contributed by atoms with van der Waals surface area (Å²) in [5.74, 6) is -0.940. The Bertz CT molecular complexity index is 729. The van der Waals surface area contributed by atoms with Gasteiger partial charge in [0.1, 0.15) is 11.3 Å². The number of carbonyl (C=O) groups is 2. The molecule has 0 radical (unpaired) electrons. The molecular formula is C14H8ClNO5. The molecule has 0 spiro atoms. The third kappa shape index (κ3) is 3.24. The van der Waals surface area contributed by atoms with Gasteiger partial charge < -0.3 is 4.74 Å². The van der Waals surface area contributed by atoms with Gasteiger partial charge in [0.2, 0.25) is 0 Å². The molecule has 0 saturated heterocycles. The number of rotatable bonds is 4. The number of carbonyl (C=O) groups excluding carboxylic acids is 2. The van der Waals surface area contributed by atoms with Crippen LogP contribution in [0.5, 0.6) is 5.75 Å². The first-order valence-electron chi connectivity index (χ1n) is 5.73. The molecule has 0 heterocycles. The van der Waals surface area contributed by atoms with Gasteiger partial charge in [0.05, 0.1) is 10.5 Å². The van der Waals surface area contributed by atoms with E-state index in [1.54, 1.807) is 0 Å². The lowest BCUT2D eigenvalue weighted by Gasteiger charge is -2.07. The Hall–Kier alpha value is -2.73. The summed E-state index contributed by atoms with van der Waals surface area (Å²) in [4.78, 5) is 33.1. The van der Waals surface area contributed by atoms with Crippen LogP contribution in [0.4, 0.5) is 5.69 Å². The number of nitro benzene ring substituents is 1. The van der Waals surface area contributed by atoms with E-state index in [0.717, 1.165) is 0 Å². The highest BCUT2D eigenvalue weighted by atomic mass is 35.5. The number of para-hydroxylation sites is 1. The van der Waals surface area contributed by atoms with Crippen molar-refractivity contribution >= 4 is 29.5 Å². The topological polar surface area (TPSA) is 86.5 Å². The van der Waals surface area contributed by atoms with Crippen molar-refractivity contribution in [2.45, 2.75) is 0 Å². The number of benzene rings is 2. The van der Waals surface area contributed by atoms with Crippen LogP contribution >= 0.6 is 11.6 Å². The van der Waals surface area contributed by atoms with Crippen LogP contribution < -0.4 is 4.74 Å². The minimum absolute atomic E-state index is 0.0162. The fourth-order valence-electron chi connectivity index (χ4n) is 1.66. The molecular weight excluding hydrogens is 298 g/mol. The second-order valence-electron chi connectivity index (χ2n) is 3.96. The molecule has 0 atom stereocenters. The lowest BCUT2D eigenvalue weighted by atomic mass is 10.2. The second-order valence-corrected chi connectivity index (χ2v) is 4.40. The Kier molecular flexibility index (Phi) is 4.30. The van der Waals surface area contributed by atoms with E-state index in [0.29, 0.717) is 11.3 Å². The zero-order valence-electron chi connectivity index (χ0n) is 10.5. The van der Waals surface area contributed by atoms with E-state index in [4.69, 9.17) is 16.3 Å². The summed E-state index contributed by atoms with van der Waals surface area (Å²) in [6, 6.07) is 9.50. The standard InChI is InChI=1S/C14H8ClNO5/c15-10-5-6-13(9(7-10)8-17)21-14(18)11-3-1-2-4-12(11)16(19)20/h1-8H. The molecule has 0 fully saturated rings. The number of nitro groups is 1. The number of nitrogens with zero attached hydrogens (tertiary/aromatic N) is 1. The molecule has 0 aromatic heterocycles. The van der Waals surface area contributed by atoms with E-state index in [1.807, 2.05) is 0 Å². The van der Waals surface area contributed by atoms with Gasteiger partial charge in [-0.2, -0.15) is 0 Å². The predicted octanol–water partition coefficient (Wildman–Crippen LogP) is 3.28. The number of ether oxygens (including phenoxy) is 1. The van der Waals surface area contributed by atoms with Crippen molar-refractivity contribution in [3.63, 3.8) is 0 Å². The summed E-state index contributed by atoms with van der Waals surface area (Å²) in [6.07, 6.45) is 0.480. The third-order valence-electron chi connectivity index (χ3n) is 2.62. The molecule has 0 N–H and O–H groups in total. The van der Waals surface area contributed by atoms with E-state index in [-0.39, 0.29) is 22.6 Å². The highest BCUT2D eigenvalue weighted by Crippen LogP contribution is 2.24. The van der Waals surface area contributed by atoms with Crippen molar-refractivity contribution in [1.82, 2.24) is 0 Å². The number of esters is 1. The first-order valence-corrected chi connectivity index (χ1v) is 6.11. The van der Waals surface area contributed by atoms with Crippen LogP contribution in [0.2, 0.25) is 5.02 Å². The van der Waals surface area contributed by atoms with Crippen LogP contribution in [0.15, 0.2) is 42.5 Å². The largest absolute Gasteiger partial charge is 0.422 e. The van der Waals surface area contributed by atoms with Crippen molar-refractivity contribution < 1.29 is 19.2 Å². The molecule has 0 aliphatic rings. The maximum absolute atomic E-state index is 12.0. The van der Waals surface area contributed by atoms with Gasteiger partial charge in [-0.25, -0.2) is 4.79 Å². The highest BCUT2D eigenvalue weighted by molar-refractivity contribution is 6.30. The van der Waals surface area contributed by atoms with Crippen LogP contribution in [0, 0.1) is 10.1 Å². The van der Waals surface area contributed by atoms with Crippen molar-refractivity contribution in [2.24, 2.45) is 0 Å². The Balaban J connectivity index is 2.35. The smallest absolute Gasteiger partial charge is 0.350 e. The van der Waals surface area contributed by atoms with E-state index >= 15 is 0 Å². The Morgan fingerprint density at radius 1 is 1.24 bits per heavy atom. The van der Waals surface area contributed by atoms with Gasteiger partial charge in [0, 0.05) is 11.1 Å². The minimum atomic E-state index is -0.923. The average Bonchev–Trinajstić information content (AvgIpc) is 2.48. The molecule has 7 heteroatoms. The van der Waals surface area contributed by atoms with Crippen LogP contribution in [-0.2, 0) is 0 Å². The second kappa shape index (κ2) is 6.15. The van der Waals surface area contributed by atoms with Crippen molar-refractivity contribution in [3.8, 4) is 5.75 Å². The molecule has 2 aromatic carbocycles. The fraction of sp³-hybridized carbons (Fsp3) is 0. The molecule has 21 heavy (non-hydrogen) atoms. The van der Waals surface area contributed by atoms with E-state index in [9.17, 15) is 19.7 Å². The van der Waals surface area contributed by atoms with Gasteiger partial charge in [0.15, 0.2) is 6.29 Å². The van der Waals surface area contributed by atoms with Crippen molar-refractivity contribution in [1.29, 1.82) is 0 Å². The zero-order valence-corrected chi connectivity index (χ0v) is 11.2. The number of hydrogen-bond donors (Lipinski definition) is 0. The Morgan fingerprint density at radius 3 is 2.62 bits per heavy atom. The first-order chi connectivity index (χ1) is 10.0. The van der Waals surface area contributed by atoms with Gasteiger partial charge in [-0.1, -0.05) is 23.7 Å². The van der Waals surface area contributed by atoms with Gasteiger partial charge >= 0.3 is 5.97 Å². The maximum Gasteiger partial charge on any atom is 0.350 e. The summed E-state index contributed by atoms with van der Waals surface area (Å²) in [5, 5.41) is 11.2. The third-order valence-corrected chi connectivity index (χ3v) is 2.86. The van der Waals surface area contributed by atoms with Crippen molar-refractivity contribution in [3.05, 3.63) is 68.7 Å². The molecule has 106 valence electrons. The summed E-state index contributed by atoms with van der Waals surface area (Å²) >= 11 is 5.73. The Morgan fingerprint density at radius 2 is 1.95 bits per heavy atom. The van der Waals surface area contributed by atoms with E-state index < -0.39 is 10.9 Å². The SMILES string of the molecule is O=Cc1cc(Cl)ccc1OC(=O)c1ccccc1[N+](=O)[O-]. The monoisotopic (exact) mass is 305 g/mol. The maximum atomic E-state index is 12.0. The van der Waals surface area contributed by atoms with Crippen LogP contribution in [0.3, 0.4) is 0 Å². The number of hydrogen-bond acceptors (Lipinski definition) is 5. The van der Waals surface area contributed by atoms with Crippen molar-refractivity contribution in [2.75, 3.05) is 0 Å². The summed E-state index contributed by atoms with van der Waals surface area (Å²) in [5.41, 5.74) is -0.493. The van der Waals surface area contributed by atoms with Gasteiger partial charge in [0.25, 0.3) is 5.69 Å². The summed E-state index contributed by atoms with van der Waals surface area (Å²) in [7, 11) is 0. The average molecular weight is 306 g/mol. The van der Waals surface area contributed by atoms with E-state index in [1.165, 1.54) is 42.5 Å². The lowest BCUT2D eigenvalue weighted by molar-refractivity contribution is -0.385. The summed E-state index contributed by atoms with van der Waals surface area (Å²) < 4.78 is 5.04. The molecule has 0 aliphatic heterocycles. The Labute approximate surface area is 124 Å². The van der Waals surface area contributed by atoms with Crippen LogP contribution in [-0.4, -0.2) is 17.2 Å². The minimum Gasteiger partial charge on any atom is -0.422 e. The molecule has 0 aliphatic carbocycles. The molecule has 0 saturated carbocycles. The van der Waals surface area contributed by atoms with Gasteiger partial charge in [-0.3, -0.25) is 14.9 Å². The van der Waals surface area contributed by atoms with Gasteiger partial charge in [-0.15, -0.1) is 0 Å². The molecule has 0 bridgehead atoms. The van der Waals surface area contributed by atoms with E-state index in [2.05, 4.69) is 0 Å². The van der Waals surface area contributed by atoms with Crippen LogP contribution in [0.1, 0.15) is 20.7 Å². The molecule has 0 amide bonds. The molecule has 0 unspecified atom stereocenters. The number of halogens is 1. The quantitative estimate of drug-likeness (QED) is 0.284. The summed E-state index contributed by atoms with van der Waals surface area (Å²) in [6.45, 7) is 0. The predicted molar refractivity (Wildman–Crippen MR) is 74.9 cm³/mol. The lowest BCUT2D eigenvalue weighted by Crippen LogP contribution is -2.12. The molecule has 6 nitrogen and oxygen atoms in total. The number of aldehydes is 1. The normalized spacial score (nSPS) is 9.95.